The fourth-order valence-corrected chi connectivity index (χ4v) is 3.40. The Morgan fingerprint density at radius 2 is 1.88 bits per heavy atom. The molecule has 2 aliphatic rings. The van der Waals surface area contributed by atoms with Crippen molar-refractivity contribution in [2.75, 3.05) is 39.9 Å². The molecular weight excluding hydrogens is 320 g/mol. The maximum absolute atomic E-state index is 12.5. The van der Waals surface area contributed by atoms with Gasteiger partial charge in [0.15, 0.2) is 0 Å². The van der Waals surface area contributed by atoms with Crippen molar-refractivity contribution in [2.45, 2.75) is 31.8 Å². The Morgan fingerprint density at radius 3 is 2.52 bits per heavy atom. The summed E-state index contributed by atoms with van der Waals surface area (Å²) in [6.07, 6.45) is 2.94. The second-order valence-electron chi connectivity index (χ2n) is 6.63. The average Bonchev–Trinajstić information content (AvgIpc) is 3.15. The molecule has 0 unspecified atom stereocenters. The summed E-state index contributed by atoms with van der Waals surface area (Å²) in [5.41, 5.74) is 0.946. The molecule has 2 heterocycles. The molecule has 0 N–H and O–H groups in total. The summed E-state index contributed by atoms with van der Waals surface area (Å²) in [6, 6.07) is 7.58. The molecule has 6 nitrogen and oxygen atoms in total. The van der Waals surface area contributed by atoms with Crippen LogP contribution in [0, 0.1) is 0 Å². The van der Waals surface area contributed by atoms with Gasteiger partial charge in [0.1, 0.15) is 5.75 Å². The molecule has 2 aliphatic heterocycles. The van der Waals surface area contributed by atoms with Crippen LogP contribution in [0.4, 0.5) is 0 Å². The molecule has 0 spiro atoms. The molecule has 3 rings (SSSR count). The van der Waals surface area contributed by atoms with Crippen molar-refractivity contribution in [3.8, 4) is 5.75 Å². The van der Waals surface area contributed by atoms with E-state index in [0.29, 0.717) is 39.0 Å². The first-order valence-corrected chi connectivity index (χ1v) is 8.96. The van der Waals surface area contributed by atoms with Gasteiger partial charge in [0.25, 0.3) is 0 Å². The van der Waals surface area contributed by atoms with Crippen LogP contribution < -0.4 is 4.74 Å². The van der Waals surface area contributed by atoms with Gasteiger partial charge in [0.05, 0.1) is 26.1 Å². The number of hydrogen-bond acceptors (Lipinski definition) is 4. The SMILES string of the molecule is COc1cccc(CC(=O)N2CCN(C(=O)C[C@H]3CCCO3)CC2)c1. The minimum atomic E-state index is 0.0835. The molecule has 0 aromatic heterocycles. The number of carbonyl (C=O) groups excluding carboxylic acids is 2. The van der Waals surface area contributed by atoms with Gasteiger partial charge in [-0.3, -0.25) is 9.59 Å². The van der Waals surface area contributed by atoms with Crippen LogP contribution in [0.25, 0.3) is 0 Å². The van der Waals surface area contributed by atoms with Gasteiger partial charge in [-0.2, -0.15) is 0 Å². The highest BCUT2D eigenvalue weighted by Gasteiger charge is 2.27. The largest absolute Gasteiger partial charge is 0.497 e. The van der Waals surface area contributed by atoms with E-state index in [1.54, 1.807) is 7.11 Å². The zero-order chi connectivity index (χ0) is 17.6. The number of carbonyl (C=O) groups is 2. The molecule has 2 fully saturated rings. The van der Waals surface area contributed by atoms with E-state index in [0.717, 1.165) is 30.8 Å². The predicted octanol–water partition coefficient (Wildman–Crippen LogP) is 1.48. The Balaban J connectivity index is 1.46. The third-order valence-corrected chi connectivity index (χ3v) is 4.90. The van der Waals surface area contributed by atoms with Crippen LogP contribution >= 0.6 is 0 Å². The molecule has 2 amide bonds. The van der Waals surface area contributed by atoms with Crippen LogP contribution in [0.2, 0.25) is 0 Å². The summed E-state index contributed by atoms with van der Waals surface area (Å²) >= 11 is 0. The van der Waals surface area contributed by atoms with E-state index < -0.39 is 0 Å². The molecule has 1 atom stereocenters. The summed E-state index contributed by atoms with van der Waals surface area (Å²) in [6.45, 7) is 3.18. The second kappa shape index (κ2) is 8.34. The van der Waals surface area contributed by atoms with E-state index >= 15 is 0 Å². The maximum Gasteiger partial charge on any atom is 0.227 e. The minimum Gasteiger partial charge on any atom is -0.497 e. The fraction of sp³-hybridized carbons (Fsp3) is 0.579. The van der Waals surface area contributed by atoms with E-state index in [4.69, 9.17) is 9.47 Å². The van der Waals surface area contributed by atoms with Gasteiger partial charge >= 0.3 is 0 Å². The van der Waals surface area contributed by atoms with Gasteiger partial charge in [-0.05, 0) is 30.5 Å². The van der Waals surface area contributed by atoms with Crippen LogP contribution in [-0.4, -0.2) is 67.6 Å². The quantitative estimate of drug-likeness (QED) is 0.810. The fourth-order valence-electron chi connectivity index (χ4n) is 3.40. The number of rotatable bonds is 5. The van der Waals surface area contributed by atoms with Crippen LogP contribution in [0.15, 0.2) is 24.3 Å². The zero-order valence-corrected chi connectivity index (χ0v) is 14.8. The summed E-state index contributed by atoms with van der Waals surface area (Å²) in [4.78, 5) is 28.5. The van der Waals surface area contributed by atoms with Crippen LogP contribution in [0.5, 0.6) is 5.75 Å². The molecule has 0 saturated carbocycles. The average molecular weight is 346 g/mol. The lowest BCUT2D eigenvalue weighted by Crippen LogP contribution is -2.51. The molecule has 2 saturated heterocycles. The lowest BCUT2D eigenvalue weighted by atomic mass is 10.1. The third-order valence-electron chi connectivity index (χ3n) is 4.90. The second-order valence-corrected chi connectivity index (χ2v) is 6.63. The van der Waals surface area contributed by atoms with E-state index in [2.05, 4.69) is 0 Å². The molecule has 6 heteroatoms. The van der Waals surface area contributed by atoms with Gasteiger partial charge in [-0.25, -0.2) is 0 Å². The molecule has 0 bridgehead atoms. The Hall–Kier alpha value is -2.08. The van der Waals surface area contributed by atoms with Gasteiger partial charge in [-0.15, -0.1) is 0 Å². The minimum absolute atomic E-state index is 0.0835. The van der Waals surface area contributed by atoms with E-state index in [1.165, 1.54) is 0 Å². The number of hydrogen-bond donors (Lipinski definition) is 0. The van der Waals surface area contributed by atoms with Crippen molar-refractivity contribution in [3.63, 3.8) is 0 Å². The van der Waals surface area contributed by atoms with E-state index in [9.17, 15) is 9.59 Å². The summed E-state index contributed by atoms with van der Waals surface area (Å²) in [5.74, 6) is 1.00. The number of amides is 2. The standard InChI is InChI=1S/C19H26N2O4/c1-24-16-5-2-4-15(12-16)13-18(22)20-7-9-21(10-8-20)19(23)14-17-6-3-11-25-17/h2,4-5,12,17H,3,6-11,13-14H2,1H3/t17-/m1/s1. The smallest absolute Gasteiger partial charge is 0.227 e. The van der Waals surface area contributed by atoms with E-state index in [1.807, 2.05) is 34.1 Å². The topological polar surface area (TPSA) is 59.1 Å². The van der Waals surface area contributed by atoms with Gasteiger partial charge in [-0.1, -0.05) is 12.1 Å². The van der Waals surface area contributed by atoms with Crippen molar-refractivity contribution in [1.29, 1.82) is 0 Å². The lowest BCUT2D eigenvalue weighted by Gasteiger charge is -2.35. The summed E-state index contributed by atoms with van der Waals surface area (Å²) < 4.78 is 10.7. The van der Waals surface area contributed by atoms with Crippen molar-refractivity contribution in [1.82, 2.24) is 9.80 Å². The number of ether oxygens (including phenoxy) is 2. The van der Waals surface area contributed by atoms with Crippen LogP contribution in [0.1, 0.15) is 24.8 Å². The van der Waals surface area contributed by atoms with E-state index in [-0.39, 0.29) is 17.9 Å². The van der Waals surface area contributed by atoms with Gasteiger partial charge in [0, 0.05) is 32.8 Å². The Morgan fingerprint density at radius 1 is 1.16 bits per heavy atom. The van der Waals surface area contributed by atoms with Crippen molar-refractivity contribution in [3.05, 3.63) is 29.8 Å². The summed E-state index contributed by atoms with van der Waals surface area (Å²) in [5, 5.41) is 0. The van der Waals surface area contributed by atoms with Gasteiger partial charge in [0.2, 0.25) is 11.8 Å². The maximum atomic E-state index is 12.5. The highest BCUT2D eigenvalue weighted by atomic mass is 16.5. The molecule has 0 radical (unpaired) electrons. The molecule has 1 aromatic carbocycles. The molecule has 0 aliphatic carbocycles. The number of benzene rings is 1. The van der Waals surface area contributed by atoms with Crippen LogP contribution in [0.3, 0.4) is 0 Å². The van der Waals surface area contributed by atoms with Gasteiger partial charge < -0.3 is 19.3 Å². The van der Waals surface area contributed by atoms with Crippen LogP contribution in [-0.2, 0) is 20.7 Å². The number of nitrogens with zero attached hydrogens (tertiary/aromatic N) is 2. The third kappa shape index (κ3) is 4.72. The molecule has 25 heavy (non-hydrogen) atoms. The Labute approximate surface area is 148 Å². The first kappa shape index (κ1) is 17.7. The lowest BCUT2D eigenvalue weighted by molar-refractivity contribution is -0.140. The van der Waals surface area contributed by atoms with Crippen molar-refractivity contribution in [2.24, 2.45) is 0 Å². The number of piperazine rings is 1. The predicted molar refractivity (Wildman–Crippen MR) is 93.4 cm³/mol. The first-order chi connectivity index (χ1) is 12.2. The van der Waals surface area contributed by atoms with Crippen molar-refractivity contribution >= 4 is 11.8 Å². The first-order valence-electron chi connectivity index (χ1n) is 8.96. The highest BCUT2D eigenvalue weighted by molar-refractivity contribution is 5.80. The number of methoxy groups -OCH3 is 1. The zero-order valence-electron chi connectivity index (χ0n) is 14.8. The Bertz CT molecular complexity index is 605. The van der Waals surface area contributed by atoms with Crippen molar-refractivity contribution < 1.29 is 19.1 Å². The molecule has 136 valence electrons. The monoisotopic (exact) mass is 346 g/mol. The highest BCUT2D eigenvalue weighted by Crippen LogP contribution is 2.18. The normalized spacial score (nSPS) is 20.6. The molecule has 1 aromatic rings. The Kier molecular flexibility index (Phi) is 5.91. The molecular formula is C19H26N2O4. The summed E-state index contributed by atoms with van der Waals surface area (Å²) in [7, 11) is 1.62.